The minimum atomic E-state index is -0.327. The van der Waals surface area contributed by atoms with Crippen LogP contribution in [0.25, 0.3) is 0 Å². The zero-order valence-electron chi connectivity index (χ0n) is 11.6. The van der Waals surface area contributed by atoms with Crippen LogP contribution in [0.3, 0.4) is 0 Å². The molecule has 0 radical (unpaired) electrons. The summed E-state index contributed by atoms with van der Waals surface area (Å²) in [7, 11) is 1.64. The molecule has 2 rings (SSSR count). The molecule has 20 heavy (non-hydrogen) atoms. The predicted molar refractivity (Wildman–Crippen MR) is 77.4 cm³/mol. The molecule has 0 spiro atoms. The summed E-state index contributed by atoms with van der Waals surface area (Å²) in [6, 6.07) is 3.62. The average Bonchev–Trinajstić information content (AvgIpc) is 3.06. The molecule has 2 heterocycles. The minimum absolute atomic E-state index is 0.0523. The molecule has 1 aromatic heterocycles. The molecule has 1 aliphatic rings. The second kappa shape index (κ2) is 7.40. The van der Waals surface area contributed by atoms with Gasteiger partial charge < -0.3 is 15.0 Å². The molecule has 0 bridgehead atoms. The highest BCUT2D eigenvalue weighted by molar-refractivity contribution is 7.09. The maximum absolute atomic E-state index is 12.2. The molecule has 1 fully saturated rings. The Morgan fingerprint density at radius 3 is 3.15 bits per heavy atom. The standard InChI is InChI=1S/C14H20N2O3S/c1-19-8-3-7-15-14(18)12-5-6-13(17)16(12)10-11-4-2-9-20-11/h2,4,9,12H,3,5-8,10H2,1H3,(H,15,18)/t12-/m0/s1. The van der Waals surface area contributed by atoms with Gasteiger partial charge in [0.15, 0.2) is 0 Å². The Labute approximate surface area is 122 Å². The molecule has 0 aromatic carbocycles. The summed E-state index contributed by atoms with van der Waals surface area (Å²) in [4.78, 5) is 26.9. The molecule has 110 valence electrons. The molecule has 5 nitrogen and oxygen atoms in total. The fraction of sp³-hybridized carbons (Fsp3) is 0.571. The predicted octanol–water partition coefficient (Wildman–Crippen LogP) is 1.39. The van der Waals surface area contributed by atoms with Crippen LogP contribution in [0.5, 0.6) is 0 Å². The summed E-state index contributed by atoms with van der Waals surface area (Å²) in [6.07, 6.45) is 1.86. The Kier molecular flexibility index (Phi) is 5.55. The SMILES string of the molecule is COCCCNC(=O)[C@@H]1CCC(=O)N1Cc1cccs1. The van der Waals surface area contributed by atoms with Crippen LogP contribution in [0.15, 0.2) is 17.5 Å². The lowest BCUT2D eigenvalue weighted by atomic mass is 10.2. The Bertz CT molecular complexity index is 447. The van der Waals surface area contributed by atoms with E-state index in [1.54, 1.807) is 23.3 Å². The van der Waals surface area contributed by atoms with Crippen molar-refractivity contribution in [3.63, 3.8) is 0 Å². The van der Waals surface area contributed by atoms with Gasteiger partial charge in [-0.25, -0.2) is 0 Å². The van der Waals surface area contributed by atoms with Crippen molar-refractivity contribution in [2.24, 2.45) is 0 Å². The van der Waals surface area contributed by atoms with Crippen molar-refractivity contribution in [3.05, 3.63) is 22.4 Å². The van der Waals surface area contributed by atoms with E-state index in [9.17, 15) is 9.59 Å². The van der Waals surface area contributed by atoms with Crippen molar-refractivity contribution in [2.45, 2.75) is 31.8 Å². The second-order valence-electron chi connectivity index (χ2n) is 4.79. The van der Waals surface area contributed by atoms with E-state index in [1.807, 2.05) is 17.5 Å². The van der Waals surface area contributed by atoms with Crippen LogP contribution in [0.4, 0.5) is 0 Å². The fourth-order valence-electron chi connectivity index (χ4n) is 2.32. The number of carbonyl (C=O) groups excluding carboxylic acids is 2. The van der Waals surface area contributed by atoms with Crippen molar-refractivity contribution in [3.8, 4) is 0 Å². The number of likely N-dealkylation sites (tertiary alicyclic amines) is 1. The number of ether oxygens (including phenoxy) is 1. The van der Waals surface area contributed by atoms with E-state index in [4.69, 9.17) is 4.74 Å². The van der Waals surface area contributed by atoms with Crippen LogP contribution < -0.4 is 5.32 Å². The van der Waals surface area contributed by atoms with Gasteiger partial charge in [0.2, 0.25) is 11.8 Å². The molecule has 6 heteroatoms. The Morgan fingerprint density at radius 1 is 1.60 bits per heavy atom. The minimum Gasteiger partial charge on any atom is -0.385 e. The van der Waals surface area contributed by atoms with Crippen molar-refractivity contribution in [1.29, 1.82) is 0 Å². The maximum atomic E-state index is 12.2. The molecule has 1 atom stereocenters. The highest BCUT2D eigenvalue weighted by Gasteiger charge is 2.35. The average molecular weight is 296 g/mol. The summed E-state index contributed by atoms with van der Waals surface area (Å²) in [5.74, 6) is 0.0129. The summed E-state index contributed by atoms with van der Waals surface area (Å²) in [5, 5.41) is 4.86. The number of nitrogens with zero attached hydrogens (tertiary/aromatic N) is 1. The molecule has 2 amide bonds. The first-order chi connectivity index (χ1) is 9.72. The Hall–Kier alpha value is -1.40. The number of hydrogen-bond acceptors (Lipinski definition) is 4. The normalized spacial score (nSPS) is 18.6. The molecule has 0 saturated carbocycles. The molecular formula is C14H20N2O3S. The summed E-state index contributed by atoms with van der Waals surface area (Å²) in [6.45, 7) is 1.75. The first kappa shape index (κ1) is 15.0. The van der Waals surface area contributed by atoms with Gasteiger partial charge in [-0.3, -0.25) is 9.59 Å². The van der Waals surface area contributed by atoms with Crippen LogP contribution in [0.1, 0.15) is 24.1 Å². The van der Waals surface area contributed by atoms with Gasteiger partial charge in [0.25, 0.3) is 0 Å². The van der Waals surface area contributed by atoms with E-state index >= 15 is 0 Å². The number of hydrogen-bond donors (Lipinski definition) is 1. The number of methoxy groups -OCH3 is 1. The smallest absolute Gasteiger partial charge is 0.242 e. The molecule has 0 aliphatic carbocycles. The zero-order valence-corrected chi connectivity index (χ0v) is 12.4. The van der Waals surface area contributed by atoms with Gasteiger partial charge in [-0.15, -0.1) is 11.3 Å². The molecule has 1 N–H and O–H groups in total. The molecule has 1 saturated heterocycles. The third-order valence-corrected chi connectivity index (χ3v) is 4.22. The molecular weight excluding hydrogens is 276 g/mol. The van der Waals surface area contributed by atoms with Gasteiger partial charge in [-0.2, -0.15) is 0 Å². The third kappa shape index (κ3) is 3.80. The highest BCUT2D eigenvalue weighted by atomic mass is 32.1. The first-order valence-electron chi connectivity index (χ1n) is 6.81. The lowest BCUT2D eigenvalue weighted by molar-refractivity contribution is -0.135. The van der Waals surface area contributed by atoms with Gasteiger partial charge in [-0.05, 0) is 24.3 Å². The van der Waals surface area contributed by atoms with Gasteiger partial charge in [0.05, 0.1) is 6.54 Å². The third-order valence-electron chi connectivity index (χ3n) is 3.36. The zero-order chi connectivity index (χ0) is 14.4. The summed E-state index contributed by atoms with van der Waals surface area (Å²) in [5.41, 5.74) is 0. The number of nitrogens with one attached hydrogen (secondary N) is 1. The Balaban J connectivity index is 1.88. The van der Waals surface area contributed by atoms with Crippen molar-refractivity contribution in [2.75, 3.05) is 20.3 Å². The van der Waals surface area contributed by atoms with Crippen molar-refractivity contribution < 1.29 is 14.3 Å². The van der Waals surface area contributed by atoms with Crippen LogP contribution in [-0.2, 0) is 20.9 Å². The highest BCUT2D eigenvalue weighted by Crippen LogP contribution is 2.23. The number of rotatable bonds is 7. The van der Waals surface area contributed by atoms with Gasteiger partial charge in [-0.1, -0.05) is 6.07 Å². The van der Waals surface area contributed by atoms with E-state index in [0.29, 0.717) is 32.5 Å². The van der Waals surface area contributed by atoms with E-state index in [1.165, 1.54) is 0 Å². The Morgan fingerprint density at radius 2 is 2.45 bits per heavy atom. The quantitative estimate of drug-likeness (QED) is 0.774. The second-order valence-corrected chi connectivity index (χ2v) is 5.83. The van der Waals surface area contributed by atoms with Gasteiger partial charge in [0, 0.05) is 31.6 Å². The van der Waals surface area contributed by atoms with Crippen molar-refractivity contribution in [1.82, 2.24) is 10.2 Å². The lowest BCUT2D eigenvalue weighted by Gasteiger charge is -2.23. The topological polar surface area (TPSA) is 58.6 Å². The largest absolute Gasteiger partial charge is 0.385 e. The lowest BCUT2D eigenvalue weighted by Crippen LogP contribution is -2.44. The summed E-state index contributed by atoms with van der Waals surface area (Å²) < 4.78 is 4.94. The van der Waals surface area contributed by atoms with E-state index in [-0.39, 0.29) is 17.9 Å². The van der Waals surface area contributed by atoms with E-state index in [2.05, 4.69) is 5.32 Å². The van der Waals surface area contributed by atoms with Crippen LogP contribution in [-0.4, -0.2) is 43.0 Å². The van der Waals surface area contributed by atoms with Gasteiger partial charge in [0.1, 0.15) is 6.04 Å². The molecule has 1 aliphatic heterocycles. The maximum Gasteiger partial charge on any atom is 0.242 e. The molecule has 0 unspecified atom stereocenters. The number of amides is 2. The van der Waals surface area contributed by atoms with Crippen LogP contribution in [0, 0.1) is 0 Å². The first-order valence-corrected chi connectivity index (χ1v) is 7.69. The van der Waals surface area contributed by atoms with E-state index in [0.717, 1.165) is 11.3 Å². The number of carbonyl (C=O) groups is 2. The van der Waals surface area contributed by atoms with Crippen LogP contribution in [0.2, 0.25) is 0 Å². The summed E-state index contributed by atoms with van der Waals surface area (Å²) >= 11 is 1.61. The van der Waals surface area contributed by atoms with Crippen LogP contribution >= 0.6 is 11.3 Å². The van der Waals surface area contributed by atoms with E-state index < -0.39 is 0 Å². The molecule has 1 aromatic rings. The fourth-order valence-corrected chi connectivity index (χ4v) is 3.02. The number of thiophene rings is 1. The monoisotopic (exact) mass is 296 g/mol. The van der Waals surface area contributed by atoms with Crippen molar-refractivity contribution >= 4 is 23.2 Å². The van der Waals surface area contributed by atoms with Gasteiger partial charge >= 0.3 is 0 Å².